The van der Waals surface area contributed by atoms with E-state index in [-0.39, 0.29) is 11.8 Å². The Morgan fingerprint density at radius 2 is 1.69 bits per heavy atom. The Bertz CT molecular complexity index is 757. The molecule has 1 saturated heterocycles. The summed E-state index contributed by atoms with van der Waals surface area (Å²) >= 11 is 6.15. The van der Waals surface area contributed by atoms with Gasteiger partial charge in [0.1, 0.15) is 5.75 Å². The van der Waals surface area contributed by atoms with E-state index in [9.17, 15) is 5.11 Å². The third kappa shape index (κ3) is 5.13. The average molecular weight is 418 g/mol. The molecule has 158 valence electrons. The summed E-state index contributed by atoms with van der Waals surface area (Å²) < 4.78 is 11.1. The largest absolute Gasteiger partial charge is 0.494 e. The van der Waals surface area contributed by atoms with E-state index in [2.05, 4.69) is 18.7 Å². The zero-order chi connectivity index (χ0) is 20.9. The molecule has 2 atom stereocenters. The first-order valence-corrected chi connectivity index (χ1v) is 10.8. The van der Waals surface area contributed by atoms with Crippen LogP contribution >= 0.6 is 11.6 Å². The van der Waals surface area contributed by atoms with Crippen molar-refractivity contribution in [2.45, 2.75) is 32.3 Å². The molecule has 29 heavy (non-hydrogen) atoms. The molecule has 0 radical (unpaired) electrons. The number of nitrogens with zero attached hydrogens (tertiary/aromatic N) is 1. The van der Waals surface area contributed by atoms with Gasteiger partial charge in [0.2, 0.25) is 0 Å². The van der Waals surface area contributed by atoms with Gasteiger partial charge < -0.3 is 14.6 Å². The smallest absolute Gasteiger partial charge is 0.119 e. The predicted molar refractivity (Wildman–Crippen MR) is 118 cm³/mol. The monoisotopic (exact) mass is 417 g/mol. The van der Waals surface area contributed by atoms with Gasteiger partial charge in [-0.1, -0.05) is 49.7 Å². The molecule has 5 heteroatoms. The molecule has 1 aliphatic rings. The van der Waals surface area contributed by atoms with E-state index in [1.807, 2.05) is 55.5 Å². The van der Waals surface area contributed by atoms with E-state index in [1.165, 1.54) is 0 Å². The summed E-state index contributed by atoms with van der Waals surface area (Å²) in [6.45, 7) is 10.7. The normalized spacial score (nSPS) is 18.4. The van der Waals surface area contributed by atoms with E-state index >= 15 is 0 Å². The molecule has 0 bridgehead atoms. The lowest BCUT2D eigenvalue weighted by atomic mass is 9.70. The van der Waals surface area contributed by atoms with E-state index in [0.717, 1.165) is 49.7 Å². The molecule has 1 heterocycles. The first kappa shape index (κ1) is 22.1. The third-order valence-electron chi connectivity index (χ3n) is 5.86. The molecule has 1 aliphatic heterocycles. The Morgan fingerprint density at radius 3 is 2.24 bits per heavy atom. The van der Waals surface area contributed by atoms with Gasteiger partial charge in [-0.15, -0.1) is 0 Å². The summed E-state index contributed by atoms with van der Waals surface area (Å²) in [6, 6.07) is 15.8. The van der Waals surface area contributed by atoms with E-state index in [0.29, 0.717) is 11.6 Å². The number of benzene rings is 2. The van der Waals surface area contributed by atoms with E-state index < -0.39 is 5.60 Å². The van der Waals surface area contributed by atoms with Crippen LogP contribution < -0.4 is 4.74 Å². The van der Waals surface area contributed by atoms with Crippen LogP contribution in [0.2, 0.25) is 5.02 Å². The van der Waals surface area contributed by atoms with Crippen molar-refractivity contribution in [3.8, 4) is 5.75 Å². The lowest BCUT2D eigenvalue weighted by Gasteiger charge is -2.43. The highest BCUT2D eigenvalue weighted by molar-refractivity contribution is 6.30. The molecule has 4 nitrogen and oxygen atoms in total. The van der Waals surface area contributed by atoms with E-state index in [4.69, 9.17) is 21.1 Å². The van der Waals surface area contributed by atoms with Gasteiger partial charge in [-0.2, -0.15) is 0 Å². The Kier molecular flexibility index (Phi) is 7.58. The Labute approximate surface area is 179 Å². The minimum Gasteiger partial charge on any atom is -0.494 e. The van der Waals surface area contributed by atoms with Gasteiger partial charge in [0.05, 0.1) is 25.4 Å². The highest BCUT2D eigenvalue weighted by Crippen LogP contribution is 2.44. The lowest BCUT2D eigenvalue weighted by Crippen LogP contribution is -2.47. The molecule has 0 spiro atoms. The van der Waals surface area contributed by atoms with Crippen LogP contribution in [0.3, 0.4) is 0 Å². The topological polar surface area (TPSA) is 41.9 Å². The Balaban J connectivity index is 2.01. The van der Waals surface area contributed by atoms with Crippen molar-refractivity contribution < 1.29 is 14.6 Å². The first-order chi connectivity index (χ1) is 13.9. The van der Waals surface area contributed by atoms with Crippen LogP contribution in [0, 0.1) is 5.92 Å². The van der Waals surface area contributed by atoms with Gasteiger partial charge >= 0.3 is 0 Å². The van der Waals surface area contributed by atoms with Crippen LogP contribution in [-0.2, 0) is 10.3 Å². The van der Waals surface area contributed by atoms with Crippen molar-refractivity contribution in [1.82, 2.24) is 4.90 Å². The number of morpholine rings is 1. The molecule has 0 saturated carbocycles. The van der Waals surface area contributed by atoms with Crippen LogP contribution in [0.4, 0.5) is 0 Å². The number of ether oxygens (including phenoxy) is 2. The van der Waals surface area contributed by atoms with Crippen LogP contribution in [0.1, 0.15) is 37.8 Å². The molecule has 2 aromatic rings. The zero-order valence-corrected chi connectivity index (χ0v) is 18.4. The molecule has 0 unspecified atom stereocenters. The molecular weight excluding hydrogens is 386 g/mol. The van der Waals surface area contributed by atoms with Gasteiger partial charge in [0, 0.05) is 30.6 Å². The van der Waals surface area contributed by atoms with Crippen LogP contribution in [-0.4, -0.2) is 49.5 Å². The number of hydrogen-bond acceptors (Lipinski definition) is 4. The van der Waals surface area contributed by atoms with Crippen molar-refractivity contribution in [2.24, 2.45) is 5.92 Å². The van der Waals surface area contributed by atoms with Gasteiger partial charge in [-0.05, 0) is 48.2 Å². The Hall–Kier alpha value is -1.59. The molecule has 2 aromatic carbocycles. The summed E-state index contributed by atoms with van der Waals surface area (Å²) in [5.74, 6) is 0.733. The summed E-state index contributed by atoms with van der Waals surface area (Å²) in [7, 11) is 0. The highest BCUT2D eigenvalue weighted by Gasteiger charge is 2.43. The maximum absolute atomic E-state index is 12.2. The van der Waals surface area contributed by atoms with Gasteiger partial charge in [-0.25, -0.2) is 0 Å². The second-order valence-corrected chi connectivity index (χ2v) is 8.39. The highest BCUT2D eigenvalue weighted by atomic mass is 35.5. The zero-order valence-electron chi connectivity index (χ0n) is 17.6. The molecular formula is C24H32ClNO3. The maximum Gasteiger partial charge on any atom is 0.119 e. The van der Waals surface area contributed by atoms with Crippen LogP contribution in [0.25, 0.3) is 0 Å². The van der Waals surface area contributed by atoms with Crippen LogP contribution in [0.5, 0.6) is 5.75 Å². The number of hydrogen-bond donors (Lipinski definition) is 1. The maximum atomic E-state index is 12.2. The number of aliphatic hydroxyl groups is 1. The fraction of sp³-hybridized carbons (Fsp3) is 0.500. The van der Waals surface area contributed by atoms with Gasteiger partial charge in [-0.3, -0.25) is 4.90 Å². The summed E-state index contributed by atoms with van der Waals surface area (Å²) in [4.78, 5) is 2.38. The Morgan fingerprint density at radius 1 is 1.07 bits per heavy atom. The minimum absolute atomic E-state index is 0.0159. The second kappa shape index (κ2) is 9.94. The SMILES string of the molecule is CCOc1ccc([C@](O)(C(C)C)[C@@H](CN2CCOCC2)c2ccc(Cl)cc2)cc1. The molecule has 0 amide bonds. The fourth-order valence-electron chi connectivity index (χ4n) is 4.16. The van der Waals surface area contributed by atoms with Gasteiger partial charge in [0.15, 0.2) is 0 Å². The van der Waals surface area contributed by atoms with Crippen molar-refractivity contribution in [1.29, 1.82) is 0 Å². The second-order valence-electron chi connectivity index (χ2n) is 7.95. The van der Waals surface area contributed by atoms with Gasteiger partial charge in [0.25, 0.3) is 0 Å². The molecule has 0 aliphatic carbocycles. The van der Waals surface area contributed by atoms with Crippen molar-refractivity contribution in [2.75, 3.05) is 39.5 Å². The minimum atomic E-state index is -1.03. The van der Waals surface area contributed by atoms with Crippen molar-refractivity contribution in [3.63, 3.8) is 0 Å². The quantitative estimate of drug-likeness (QED) is 0.676. The third-order valence-corrected chi connectivity index (χ3v) is 6.11. The molecule has 1 fully saturated rings. The average Bonchev–Trinajstić information content (AvgIpc) is 2.74. The number of rotatable bonds is 8. The predicted octanol–water partition coefficient (Wildman–Crippen LogP) is 4.70. The summed E-state index contributed by atoms with van der Waals surface area (Å²) in [5.41, 5.74) is 0.965. The van der Waals surface area contributed by atoms with Crippen molar-refractivity contribution in [3.05, 3.63) is 64.7 Å². The standard InChI is InChI=1S/C24H32ClNO3/c1-4-29-22-11-7-20(8-12-22)24(27,18(2)3)23(17-26-13-15-28-16-14-26)19-5-9-21(25)10-6-19/h5-12,18,23,27H,4,13-17H2,1-3H3/t23-,24+/m0/s1. The fourth-order valence-corrected chi connectivity index (χ4v) is 4.28. The summed E-state index contributed by atoms with van der Waals surface area (Å²) in [5, 5.41) is 12.9. The number of halogens is 1. The molecule has 1 N–H and O–H groups in total. The molecule has 3 rings (SSSR count). The first-order valence-electron chi connectivity index (χ1n) is 10.5. The lowest BCUT2D eigenvalue weighted by molar-refractivity contribution is -0.0547. The summed E-state index contributed by atoms with van der Waals surface area (Å²) in [6.07, 6.45) is 0. The van der Waals surface area contributed by atoms with Crippen LogP contribution in [0.15, 0.2) is 48.5 Å². The van der Waals surface area contributed by atoms with E-state index in [1.54, 1.807) is 0 Å². The molecule has 0 aromatic heterocycles. The van der Waals surface area contributed by atoms with Crippen molar-refractivity contribution >= 4 is 11.6 Å².